The zero-order valence-electron chi connectivity index (χ0n) is 13.3. The summed E-state index contributed by atoms with van der Waals surface area (Å²) < 4.78 is 4.33. The molecule has 24 heavy (non-hydrogen) atoms. The highest BCUT2D eigenvalue weighted by atomic mass is 15.1. The second kappa shape index (κ2) is 5.70. The summed E-state index contributed by atoms with van der Waals surface area (Å²) in [6, 6.07) is 13.9. The number of rotatable bonds is 4. The molecule has 0 aliphatic rings. The largest absolute Gasteiger partial charge is 0.339 e. The standard InChI is InChI=1S/C18H16N6/c1-2-24-17-6-5-13(11-19)10-15(17)21-18(24)12-23-9-3-4-16(23)14-7-8-20-22-14/h3-10H,2,12H2,1H3,(H,20,22). The highest BCUT2D eigenvalue weighted by Crippen LogP contribution is 2.22. The summed E-state index contributed by atoms with van der Waals surface area (Å²) in [6.07, 6.45) is 3.79. The first-order valence-electron chi connectivity index (χ1n) is 7.84. The minimum absolute atomic E-state index is 0.633. The maximum atomic E-state index is 9.08. The highest BCUT2D eigenvalue weighted by Gasteiger charge is 2.13. The van der Waals surface area contributed by atoms with Crippen LogP contribution in [0.1, 0.15) is 18.3 Å². The third-order valence-corrected chi connectivity index (χ3v) is 4.19. The minimum Gasteiger partial charge on any atom is -0.339 e. The zero-order valence-corrected chi connectivity index (χ0v) is 13.3. The molecule has 3 heterocycles. The second-order valence-corrected chi connectivity index (χ2v) is 5.58. The van der Waals surface area contributed by atoms with Crippen LogP contribution in [0.25, 0.3) is 22.4 Å². The molecular formula is C18H16N6. The van der Waals surface area contributed by atoms with Crippen molar-refractivity contribution in [1.29, 1.82) is 5.26 Å². The number of aryl methyl sites for hydroxylation is 1. The average molecular weight is 316 g/mol. The van der Waals surface area contributed by atoms with Crippen LogP contribution in [0.4, 0.5) is 0 Å². The van der Waals surface area contributed by atoms with Crippen LogP contribution >= 0.6 is 0 Å². The Hall–Kier alpha value is -3.33. The molecule has 0 spiro atoms. The summed E-state index contributed by atoms with van der Waals surface area (Å²) in [7, 11) is 0. The maximum Gasteiger partial charge on any atom is 0.129 e. The van der Waals surface area contributed by atoms with Crippen LogP contribution in [0.3, 0.4) is 0 Å². The van der Waals surface area contributed by atoms with Crippen LogP contribution in [0, 0.1) is 11.3 Å². The van der Waals surface area contributed by atoms with Crippen molar-refractivity contribution in [3.8, 4) is 17.5 Å². The molecule has 0 radical (unpaired) electrons. The predicted octanol–water partition coefficient (Wildman–Crippen LogP) is 3.17. The third kappa shape index (κ3) is 2.27. The van der Waals surface area contributed by atoms with Crippen molar-refractivity contribution in [3.05, 3.63) is 60.2 Å². The lowest BCUT2D eigenvalue weighted by atomic mass is 10.2. The van der Waals surface area contributed by atoms with Crippen LogP contribution in [0.5, 0.6) is 0 Å². The van der Waals surface area contributed by atoms with Crippen molar-refractivity contribution in [2.45, 2.75) is 20.0 Å². The lowest BCUT2D eigenvalue weighted by molar-refractivity contribution is 0.668. The highest BCUT2D eigenvalue weighted by molar-refractivity contribution is 5.77. The number of fused-ring (bicyclic) bond motifs is 1. The van der Waals surface area contributed by atoms with Crippen LogP contribution in [-0.4, -0.2) is 24.3 Å². The number of hydrogen-bond donors (Lipinski definition) is 1. The topological polar surface area (TPSA) is 75.2 Å². The number of hydrogen-bond acceptors (Lipinski definition) is 3. The predicted molar refractivity (Wildman–Crippen MR) is 91.2 cm³/mol. The smallest absolute Gasteiger partial charge is 0.129 e. The number of aromatic nitrogens is 5. The van der Waals surface area contributed by atoms with Crippen molar-refractivity contribution in [3.63, 3.8) is 0 Å². The SMILES string of the molecule is CCn1c(Cn2cccc2-c2ccn[nH]2)nc2cc(C#N)ccc21. The van der Waals surface area contributed by atoms with Gasteiger partial charge >= 0.3 is 0 Å². The average Bonchev–Trinajstić information content (AvgIpc) is 3.33. The van der Waals surface area contributed by atoms with E-state index >= 15 is 0 Å². The summed E-state index contributed by atoms with van der Waals surface area (Å²) in [5, 5.41) is 16.1. The van der Waals surface area contributed by atoms with E-state index in [0.717, 1.165) is 34.8 Å². The van der Waals surface area contributed by atoms with Crippen molar-refractivity contribution in [1.82, 2.24) is 24.3 Å². The van der Waals surface area contributed by atoms with Crippen molar-refractivity contribution >= 4 is 11.0 Å². The van der Waals surface area contributed by atoms with Crippen molar-refractivity contribution < 1.29 is 0 Å². The first-order chi connectivity index (χ1) is 11.8. The molecule has 0 amide bonds. The maximum absolute atomic E-state index is 9.08. The monoisotopic (exact) mass is 316 g/mol. The molecular weight excluding hydrogens is 300 g/mol. The molecule has 0 fully saturated rings. The Morgan fingerprint density at radius 2 is 2.17 bits per heavy atom. The Balaban J connectivity index is 1.78. The van der Waals surface area contributed by atoms with Gasteiger partial charge in [0, 0.05) is 18.9 Å². The van der Waals surface area contributed by atoms with Gasteiger partial charge < -0.3 is 9.13 Å². The molecule has 6 heteroatoms. The molecule has 0 aliphatic carbocycles. The summed E-state index contributed by atoms with van der Waals surface area (Å²) in [6.45, 7) is 3.60. The Labute approximate surface area is 139 Å². The van der Waals surface area contributed by atoms with Gasteiger partial charge in [0.2, 0.25) is 0 Å². The van der Waals surface area contributed by atoms with Gasteiger partial charge in [-0.2, -0.15) is 10.4 Å². The molecule has 0 atom stereocenters. The fourth-order valence-corrected chi connectivity index (χ4v) is 3.07. The van der Waals surface area contributed by atoms with Crippen LogP contribution in [0.15, 0.2) is 48.8 Å². The summed E-state index contributed by atoms with van der Waals surface area (Å²) >= 11 is 0. The number of nitrogens with one attached hydrogen (secondary N) is 1. The fourth-order valence-electron chi connectivity index (χ4n) is 3.07. The summed E-state index contributed by atoms with van der Waals surface area (Å²) in [4.78, 5) is 4.75. The van der Waals surface area contributed by atoms with E-state index in [1.54, 1.807) is 6.20 Å². The first-order valence-corrected chi connectivity index (χ1v) is 7.84. The van der Waals surface area contributed by atoms with E-state index in [0.29, 0.717) is 12.1 Å². The van der Waals surface area contributed by atoms with Gasteiger partial charge in [-0.25, -0.2) is 4.98 Å². The number of H-pyrrole nitrogens is 1. The molecule has 1 aromatic carbocycles. The van der Waals surface area contributed by atoms with Gasteiger partial charge in [-0.1, -0.05) is 0 Å². The number of imidazole rings is 1. The Bertz CT molecular complexity index is 1030. The van der Waals surface area contributed by atoms with Gasteiger partial charge in [-0.05, 0) is 43.3 Å². The molecule has 4 aromatic rings. The van der Waals surface area contributed by atoms with Gasteiger partial charge in [0.15, 0.2) is 0 Å². The molecule has 0 bridgehead atoms. The number of aromatic amines is 1. The Morgan fingerprint density at radius 1 is 1.25 bits per heavy atom. The van der Waals surface area contributed by atoms with Gasteiger partial charge in [0.25, 0.3) is 0 Å². The van der Waals surface area contributed by atoms with Gasteiger partial charge in [0.1, 0.15) is 5.82 Å². The Morgan fingerprint density at radius 3 is 2.92 bits per heavy atom. The second-order valence-electron chi connectivity index (χ2n) is 5.58. The fraction of sp³-hybridized carbons (Fsp3) is 0.167. The lowest BCUT2D eigenvalue weighted by Gasteiger charge is -2.10. The van der Waals surface area contributed by atoms with E-state index in [2.05, 4.69) is 38.4 Å². The van der Waals surface area contributed by atoms with Crippen LogP contribution in [0.2, 0.25) is 0 Å². The van der Waals surface area contributed by atoms with E-state index in [1.807, 2.05) is 36.5 Å². The molecule has 0 saturated carbocycles. The zero-order chi connectivity index (χ0) is 16.5. The number of benzene rings is 1. The molecule has 0 saturated heterocycles. The minimum atomic E-state index is 0.633. The van der Waals surface area contributed by atoms with E-state index in [9.17, 15) is 0 Å². The number of nitrogens with zero attached hydrogens (tertiary/aromatic N) is 5. The summed E-state index contributed by atoms with van der Waals surface area (Å²) in [5.74, 6) is 0.972. The molecule has 1 N–H and O–H groups in total. The molecule has 6 nitrogen and oxygen atoms in total. The third-order valence-electron chi connectivity index (χ3n) is 4.19. The van der Waals surface area contributed by atoms with E-state index < -0.39 is 0 Å². The van der Waals surface area contributed by atoms with E-state index in [4.69, 9.17) is 10.2 Å². The number of nitriles is 1. The Kier molecular flexibility index (Phi) is 3.39. The van der Waals surface area contributed by atoms with Crippen LogP contribution in [-0.2, 0) is 13.1 Å². The molecule has 118 valence electrons. The van der Waals surface area contributed by atoms with E-state index in [-0.39, 0.29) is 0 Å². The normalized spacial score (nSPS) is 11.0. The summed E-state index contributed by atoms with van der Waals surface area (Å²) in [5.41, 5.74) is 4.60. The lowest BCUT2D eigenvalue weighted by Crippen LogP contribution is -2.08. The van der Waals surface area contributed by atoms with Gasteiger partial charge in [0.05, 0.1) is 40.6 Å². The molecule has 4 rings (SSSR count). The molecule has 0 unspecified atom stereocenters. The van der Waals surface area contributed by atoms with Crippen molar-refractivity contribution in [2.24, 2.45) is 0 Å². The first kappa shape index (κ1) is 14.3. The van der Waals surface area contributed by atoms with Gasteiger partial charge in [-0.15, -0.1) is 0 Å². The van der Waals surface area contributed by atoms with Crippen LogP contribution < -0.4 is 0 Å². The van der Waals surface area contributed by atoms with Gasteiger partial charge in [-0.3, -0.25) is 5.10 Å². The molecule has 3 aromatic heterocycles. The quantitative estimate of drug-likeness (QED) is 0.628. The molecule has 0 aliphatic heterocycles. The van der Waals surface area contributed by atoms with E-state index in [1.165, 1.54) is 0 Å². The van der Waals surface area contributed by atoms with Crippen molar-refractivity contribution in [2.75, 3.05) is 0 Å².